The summed E-state index contributed by atoms with van der Waals surface area (Å²) in [5, 5.41) is 0. The first kappa shape index (κ1) is 18.8. The van der Waals surface area contributed by atoms with Gasteiger partial charge in [0.25, 0.3) is 5.91 Å². The molecule has 0 radical (unpaired) electrons. The molecule has 2 rings (SSSR count). The fraction of sp³-hybridized carbons (Fsp3) is 0.350. The summed E-state index contributed by atoms with van der Waals surface area (Å²) in [6.45, 7) is 0.529. The zero-order valence-electron chi connectivity index (χ0n) is 15.1. The van der Waals surface area contributed by atoms with E-state index >= 15 is 0 Å². The molecule has 25 heavy (non-hydrogen) atoms. The van der Waals surface area contributed by atoms with Crippen molar-refractivity contribution >= 4 is 5.91 Å². The molecule has 0 aliphatic rings. The zero-order valence-corrected chi connectivity index (χ0v) is 15.1. The van der Waals surface area contributed by atoms with E-state index in [-0.39, 0.29) is 11.9 Å². The van der Waals surface area contributed by atoms with Crippen LogP contribution in [0.2, 0.25) is 0 Å². The standard InChI is InChI=1S/C20H26N2O3/c1-22(17(11-12-21)13-15-7-5-4-6-8-15)20(23)16-9-10-18(24-2)19(14-16)25-3/h4-10,14,17H,11-13,21H2,1-3H3. The Labute approximate surface area is 149 Å². The maximum absolute atomic E-state index is 12.9. The van der Waals surface area contributed by atoms with Crippen molar-refractivity contribution in [2.24, 2.45) is 5.73 Å². The van der Waals surface area contributed by atoms with Crippen molar-refractivity contribution in [1.82, 2.24) is 4.90 Å². The molecule has 2 aromatic carbocycles. The third-order valence-electron chi connectivity index (χ3n) is 4.31. The number of nitrogens with two attached hydrogens (primary N) is 1. The quantitative estimate of drug-likeness (QED) is 0.801. The molecule has 0 heterocycles. The Morgan fingerprint density at radius 1 is 1.08 bits per heavy atom. The van der Waals surface area contributed by atoms with Gasteiger partial charge in [0.2, 0.25) is 0 Å². The Morgan fingerprint density at radius 3 is 2.36 bits per heavy atom. The molecule has 5 nitrogen and oxygen atoms in total. The SMILES string of the molecule is COc1ccc(C(=O)N(C)C(CCN)Cc2ccccc2)cc1OC. The molecule has 0 saturated carbocycles. The molecule has 5 heteroatoms. The van der Waals surface area contributed by atoms with Crippen LogP contribution in [0.15, 0.2) is 48.5 Å². The lowest BCUT2D eigenvalue weighted by molar-refractivity contribution is 0.0725. The molecule has 1 amide bonds. The molecule has 0 saturated heterocycles. The summed E-state index contributed by atoms with van der Waals surface area (Å²) < 4.78 is 10.5. The maximum atomic E-state index is 12.9. The number of likely N-dealkylation sites (N-methyl/N-ethyl adjacent to an activating group) is 1. The number of benzene rings is 2. The first-order valence-corrected chi connectivity index (χ1v) is 8.33. The molecule has 0 fully saturated rings. The van der Waals surface area contributed by atoms with Gasteiger partial charge in [-0.15, -0.1) is 0 Å². The Bertz CT molecular complexity index is 689. The summed E-state index contributed by atoms with van der Waals surface area (Å²) in [6.07, 6.45) is 1.51. The minimum Gasteiger partial charge on any atom is -0.493 e. The number of carbonyl (C=O) groups is 1. The van der Waals surface area contributed by atoms with Gasteiger partial charge in [0.15, 0.2) is 11.5 Å². The second-order valence-corrected chi connectivity index (χ2v) is 5.91. The van der Waals surface area contributed by atoms with Crippen LogP contribution in [0.4, 0.5) is 0 Å². The van der Waals surface area contributed by atoms with Crippen LogP contribution in [0.5, 0.6) is 11.5 Å². The number of rotatable bonds is 8. The van der Waals surface area contributed by atoms with E-state index in [0.717, 1.165) is 12.8 Å². The van der Waals surface area contributed by atoms with Crippen LogP contribution in [-0.4, -0.2) is 44.7 Å². The van der Waals surface area contributed by atoms with Gasteiger partial charge in [0.1, 0.15) is 0 Å². The van der Waals surface area contributed by atoms with E-state index in [4.69, 9.17) is 15.2 Å². The van der Waals surface area contributed by atoms with E-state index in [1.165, 1.54) is 5.56 Å². The molecule has 0 bridgehead atoms. The van der Waals surface area contributed by atoms with E-state index in [0.29, 0.717) is 23.6 Å². The number of nitrogens with zero attached hydrogens (tertiary/aromatic N) is 1. The van der Waals surface area contributed by atoms with Gasteiger partial charge in [-0.1, -0.05) is 30.3 Å². The van der Waals surface area contributed by atoms with Crippen LogP contribution >= 0.6 is 0 Å². The first-order chi connectivity index (χ1) is 12.1. The van der Waals surface area contributed by atoms with E-state index in [1.54, 1.807) is 37.3 Å². The molecule has 0 aromatic heterocycles. The van der Waals surface area contributed by atoms with Gasteiger partial charge < -0.3 is 20.1 Å². The highest BCUT2D eigenvalue weighted by atomic mass is 16.5. The van der Waals surface area contributed by atoms with Gasteiger partial charge in [-0.25, -0.2) is 0 Å². The summed E-state index contributed by atoms with van der Waals surface area (Å²) in [4.78, 5) is 14.7. The minimum absolute atomic E-state index is 0.0352. The first-order valence-electron chi connectivity index (χ1n) is 8.33. The number of hydrogen-bond acceptors (Lipinski definition) is 4. The van der Waals surface area contributed by atoms with Crippen LogP contribution < -0.4 is 15.2 Å². The molecule has 2 N–H and O–H groups in total. The molecular formula is C20H26N2O3. The topological polar surface area (TPSA) is 64.8 Å². The zero-order chi connectivity index (χ0) is 18.2. The number of hydrogen-bond donors (Lipinski definition) is 1. The molecule has 0 aliphatic heterocycles. The smallest absolute Gasteiger partial charge is 0.253 e. The second-order valence-electron chi connectivity index (χ2n) is 5.91. The Kier molecular flexibility index (Phi) is 6.83. The summed E-state index contributed by atoms with van der Waals surface area (Å²) >= 11 is 0. The highest BCUT2D eigenvalue weighted by molar-refractivity contribution is 5.95. The number of amides is 1. The third kappa shape index (κ3) is 4.73. The summed E-state index contributed by atoms with van der Waals surface area (Å²) in [5.41, 5.74) is 7.52. The lowest BCUT2D eigenvalue weighted by atomic mass is 10.0. The van der Waals surface area contributed by atoms with Crippen LogP contribution in [0.25, 0.3) is 0 Å². The molecule has 0 aliphatic carbocycles. The van der Waals surface area contributed by atoms with Crippen molar-refractivity contribution in [3.8, 4) is 11.5 Å². The second kappa shape index (κ2) is 9.08. The number of methoxy groups -OCH3 is 2. The minimum atomic E-state index is -0.0599. The molecule has 1 unspecified atom stereocenters. The number of ether oxygens (including phenoxy) is 2. The molecule has 1 atom stereocenters. The maximum Gasteiger partial charge on any atom is 0.253 e. The molecule has 134 valence electrons. The van der Waals surface area contributed by atoms with E-state index in [1.807, 2.05) is 25.2 Å². The van der Waals surface area contributed by atoms with E-state index in [9.17, 15) is 4.79 Å². The van der Waals surface area contributed by atoms with Crippen molar-refractivity contribution in [2.75, 3.05) is 27.8 Å². The van der Waals surface area contributed by atoms with Crippen molar-refractivity contribution in [3.63, 3.8) is 0 Å². The molecule has 0 spiro atoms. The molecular weight excluding hydrogens is 316 g/mol. The fourth-order valence-electron chi connectivity index (χ4n) is 2.85. The predicted octanol–water partition coefficient (Wildman–Crippen LogP) is 2.74. The highest BCUT2D eigenvalue weighted by Gasteiger charge is 2.22. The highest BCUT2D eigenvalue weighted by Crippen LogP contribution is 2.28. The average molecular weight is 342 g/mol. The van der Waals surface area contributed by atoms with Crippen LogP contribution in [-0.2, 0) is 6.42 Å². The summed E-state index contributed by atoms with van der Waals surface area (Å²) in [5.74, 6) is 1.08. The van der Waals surface area contributed by atoms with Gasteiger partial charge in [-0.3, -0.25) is 4.79 Å². The van der Waals surface area contributed by atoms with Crippen LogP contribution in [0, 0.1) is 0 Å². The van der Waals surface area contributed by atoms with Gasteiger partial charge >= 0.3 is 0 Å². The van der Waals surface area contributed by atoms with Gasteiger partial charge in [0.05, 0.1) is 14.2 Å². The van der Waals surface area contributed by atoms with Crippen LogP contribution in [0.1, 0.15) is 22.3 Å². The van der Waals surface area contributed by atoms with Gasteiger partial charge in [0, 0.05) is 18.7 Å². The summed E-state index contributed by atoms with van der Waals surface area (Å²) in [7, 11) is 4.95. The Morgan fingerprint density at radius 2 is 1.76 bits per heavy atom. The van der Waals surface area contributed by atoms with Gasteiger partial charge in [-0.05, 0) is 43.1 Å². The fourth-order valence-corrected chi connectivity index (χ4v) is 2.85. The monoisotopic (exact) mass is 342 g/mol. The Hall–Kier alpha value is -2.53. The average Bonchev–Trinajstić information content (AvgIpc) is 2.66. The van der Waals surface area contributed by atoms with Gasteiger partial charge in [-0.2, -0.15) is 0 Å². The normalized spacial score (nSPS) is 11.7. The van der Waals surface area contributed by atoms with Crippen molar-refractivity contribution in [2.45, 2.75) is 18.9 Å². The van der Waals surface area contributed by atoms with Crippen molar-refractivity contribution in [1.29, 1.82) is 0 Å². The predicted molar refractivity (Wildman–Crippen MR) is 99.2 cm³/mol. The third-order valence-corrected chi connectivity index (χ3v) is 4.31. The largest absolute Gasteiger partial charge is 0.493 e. The lowest BCUT2D eigenvalue weighted by Crippen LogP contribution is -2.39. The van der Waals surface area contributed by atoms with Crippen molar-refractivity contribution in [3.05, 3.63) is 59.7 Å². The summed E-state index contributed by atoms with van der Waals surface area (Å²) in [6, 6.07) is 15.4. The Balaban J connectivity index is 2.20. The van der Waals surface area contributed by atoms with Crippen LogP contribution in [0.3, 0.4) is 0 Å². The number of carbonyl (C=O) groups excluding carboxylic acids is 1. The molecule has 2 aromatic rings. The van der Waals surface area contributed by atoms with Crippen molar-refractivity contribution < 1.29 is 14.3 Å². The lowest BCUT2D eigenvalue weighted by Gasteiger charge is -2.28. The van der Waals surface area contributed by atoms with E-state index < -0.39 is 0 Å². The van der Waals surface area contributed by atoms with E-state index in [2.05, 4.69) is 12.1 Å².